The lowest BCUT2D eigenvalue weighted by Crippen LogP contribution is -2.28. The van der Waals surface area contributed by atoms with Gasteiger partial charge in [0, 0.05) is 6.20 Å². The van der Waals surface area contributed by atoms with Crippen molar-refractivity contribution in [2.45, 2.75) is 26.1 Å². The van der Waals surface area contributed by atoms with Gasteiger partial charge < -0.3 is 19.9 Å². The summed E-state index contributed by atoms with van der Waals surface area (Å²) >= 11 is 0. The molecule has 0 aliphatic heterocycles. The van der Waals surface area contributed by atoms with E-state index in [0.29, 0.717) is 16.9 Å². The minimum absolute atomic E-state index is 0.0786. The van der Waals surface area contributed by atoms with E-state index in [4.69, 9.17) is 0 Å². The number of aryl methyl sites for hydroxylation is 1. The smallest absolute Gasteiger partial charge is 0.198 e. The Hall–Kier alpha value is -2.96. The summed E-state index contributed by atoms with van der Waals surface area (Å²) in [7, 11) is 0. The zero-order valence-corrected chi connectivity index (χ0v) is 14.5. The lowest BCUT2D eigenvalue weighted by atomic mass is 9.96. The summed E-state index contributed by atoms with van der Waals surface area (Å²) in [6, 6.07) is 11.5. The van der Waals surface area contributed by atoms with E-state index >= 15 is 0 Å². The Bertz CT molecular complexity index is 976. The van der Waals surface area contributed by atoms with Gasteiger partial charge in [-0.15, -0.1) is 0 Å². The summed E-state index contributed by atoms with van der Waals surface area (Å²) in [6.45, 7) is 3.65. The zero-order valence-electron chi connectivity index (χ0n) is 14.5. The van der Waals surface area contributed by atoms with Crippen molar-refractivity contribution in [2.75, 3.05) is 0 Å². The quantitative estimate of drug-likeness (QED) is 0.614. The Labute approximate surface area is 150 Å². The van der Waals surface area contributed by atoms with Crippen molar-refractivity contribution in [3.05, 3.63) is 65.5 Å². The summed E-state index contributed by atoms with van der Waals surface area (Å²) in [4.78, 5) is 16.9. The third-order valence-electron chi connectivity index (χ3n) is 4.28. The van der Waals surface area contributed by atoms with Crippen LogP contribution in [-0.4, -0.2) is 36.8 Å². The number of carbonyl (C=O) groups is 1. The number of hydrogen-bond acceptors (Lipinski definition) is 5. The van der Waals surface area contributed by atoms with E-state index in [-0.39, 0.29) is 16.8 Å². The van der Waals surface area contributed by atoms with E-state index in [0.717, 1.165) is 0 Å². The maximum atomic E-state index is 12.6. The summed E-state index contributed by atoms with van der Waals surface area (Å²) in [5.74, 6) is -0.417. The molecule has 0 saturated carbocycles. The van der Waals surface area contributed by atoms with E-state index in [1.54, 1.807) is 54.1 Å². The number of imidazole rings is 1. The predicted octanol–water partition coefficient (Wildman–Crippen LogP) is 2.82. The van der Waals surface area contributed by atoms with E-state index in [9.17, 15) is 20.1 Å². The fraction of sp³-hybridized carbons (Fsp3) is 0.200. The second-order valence-electron chi connectivity index (χ2n) is 6.01. The number of aliphatic hydroxyl groups is 2. The highest BCUT2D eigenvalue weighted by atomic mass is 16.3. The number of fused-ring (bicyclic) bond motifs is 1. The first-order chi connectivity index (χ1) is 12.5. The van der Waals surface area contributed by atoms with Crippen LogP contribution in [0.3, 0.4) is 0 Å². The molecule has 2 atom stereocenters. The summed E-state index contributed by atoms with van der Waals surface area (Å²) in [6.07, 6.45) is 0.560. The fourth-order valence-corrected chi connectivity index (χ4v) is 2.93. The highest BCUT2D eigenvalue weighted by Gasteiger charge is 2.29. The van der Waals surface area contributed by atoms with Gasteiger partial charge in [-0.2, -0.15) is 0 Å². The molecule has 26 heavy (non-hydrogen) atoms. The molecule has 3 N–H and O–H groups in total. The van der Waals surface area contributed by atoms with Gasteiger partial charge in [0.25, 0.3) is 0 Å². The van der Waals surface area contributed by atoms with Crippen LogP contribution >= 0.6 is 0 Å². The van der Waals surface area contributed by atoms with Crippen LogP contribution in [-0.2, 0) is 0 Å². The van der Waals surface area contributed by atoms with Gasteiger partial charge in [-0.05, 0) is 31.5 Å². The number of benzene rings is 2. The second kappa shape index (κ2) is 7.11. The number of ketones is 1. The number of Topliss-reactive ketones (excluding diaryl/α,β-unsaturated/α-hetero) is 1. The molecular formula is C20H20N2O4. The fourth-order valence-electron chi connectivity index (χ4n) is 2.93. The number of aromatic hydroxyl groups is 1. The number of phenolic OH excluding ortho intramolecular Hbond substituents is 1. The molecule has 2 aromatic carbocycles. The first kappa shape index (κ1) is 17.8. The van der Waals surface area contributed by atoms with Crippen LogP contribution in [0, 0.1) is 6.92 Å². The van der Waals surface area contributed by atoms with Crippen LogP contribution in [0.4, 0.5) is 0 Å². The number of aromatic nitrogens is 2. The van der Waals surface area contributed by atoms with Crippen molar-refractivity contribution in [2.24, 2.45) is 0 Å². The molecule has 0 saturated heterocycles. The van der Waals surface area contributed by atoms with Gasteiger partial charge in [-0.25, -0.2) is 4.98 Å². The number of rotatable bonds is 5. The second-order valence-corrected chi connectivity index (χ2v) is 6.01. The molecule has 0 unspecified atom stereocenters. The number of aliphatic hydroxyl groups excluding tert-OH is 2. The molecule has 1 heterocycles. The standard InChI is InChI=1S/C20H20N2O4/c1-3-11-22-12(2)21-16-15(22)10-9-14(18(16)24)19(25)20(26)17(23)13-7-5-4-6-8-13/h3-11,17,20,23-24,26H,1-2H3/b11-3-/t17-,20+/m0/s1. The van der Waals surface area contributed by atoms with Gasteiger partial charge in [-0.3, -0.25) is 4.79 Å². The summed E-state index contributed by atoms with van der Waals surface area (Å²) < 4.78 is 1.79. The minimum atomic E-state index is -1.69. The normalized spacial score (nSPS) is 14.0. The van der Waals surface area contributed by atoms with Crippen LogP contribution in [0.1, 0.15) is 34.8 Å². The van der Waals surface area contributed by atoms with E-state index in [1.807, 2.05) is 13.0 Å². The zero-order chi connectivity index (χ0) is 18.8. The molecule has 0 fully saturated rings. The summed E-state index contributed by atoms with van der Waals surface area (Å²) in [5, 5.41) is 31.1. The highest BCUT2D eigenvalue weighted by molar-refractivity contribution is 6.06. The molecule has 6 heteroatoms. The Kier molecular flexibility index (Phi) is 4.88. The van der Waals surface area contributed by atoms with Crippen molar-refractivity contribution < 1.29 is 20.1 Å². The lowest BCUT2D eigenvalue weighted by molar-refractivity contribution is 0.0202. The molecule has 134 valence electrons. The van der Waals surface area contributed by atoms with Crippen LogP contribution in [0.15, 0.2) is 48.5 Å². The average molecular weight is 352 g/mol. The van der Waals surface area contributed by atoms with Crippen LogP contribution in [0.2, 0.25) is 0 Å². The minimum Gasteiger partial charge on any atom is -0.505 e. The molecule has 0 aliphatic rings. The first-order valence-electron chi connectivity index (χ1n) is 8.24. The summed E-state index contributed by atoms with van der Waals surface area (Å²) in [5.41, 5.74) is 1.26. The average Bonchev–Trinajstić information content (AvgIpc) is 2.98. The third-order valence-corrected chi connectivity index (χ3v) is 4.28. The Morgan fingerprint density at radius 1 is 1.15 bits per heavy atom. The van der Waals surface area contributed by atoms with Gasteiger partial charge >= 0.3 is 0 Å². The van der Waals surface area contributed by atoms with Crippen LogP contribution in [0.5, 0.6) is 5.75 Å². The van der Waals surface area contributed by atoms with Crippen molar-refractivity contribution in [3.8, 4) is 5.75 Å². The van der Waals surface area contributed by atoms with Crippen LogP contribution in [0.25, 0.3) is 17.2 Å². The van der Waals surface area contributed by atoms with E-state index in [1.165, 1.54) is 6.07 Å². The van der Waals surface area contributed by atoms with Crippen molar-refractivity contribution in [1.82, 2.24) is 9.55 Å². The van der Waals surface area contributed by atoms with Crippen molar-refractivity contribution in [3.63, 3.8) is 0 Å². The number of nitrogens with zero attached hydrogens (tertiary/aromatic N) is 2. The largest absolute Gasteiger partial charge is 0.505 e. The molecule has 3 rings (SSSR count). The third kappa shape index (κ3) is 3.00. The number of allylic oxidation sites excluding steroid dienone is 1. The van der Waals surface area contributed by atoms with Gasteiger partial charge in [0.05, 0.1) is 11.1 Å². The molecule has 0 amide bonds. The molecule has 3 aromatic rings. The molecule has 1 aromatic heterocycles. The number of hydrogen-bond donors (Lipinski definition) is 3. The van der Waals surface area contributed by atoms with Crippen molar-refractivity contribution >= 4 is 23.0 Å². The monoisotopic (exact) mass is 352 g/mol. The maximum Gasteiger partial charge on any atom is 0.198 e. The lowest BCUT2D eigenvalue weighted by Gasteiger charge is -2.17. The molecule has 0 aliphatic carbocycles. The van der Waals surface area contributed by atoms with Gasteiger partial charge in [0.2, 0.25) is 0 Å². The molecule has 0 spiro atoms. The maximum absolute atomic E-state index is 12.6. The first-order valence-corrected chi connectivity index (χ1v) is 8.24. The molecule has 6 nitrogen and oxygen atoms in total. The van der Waals surface area contributed by atoms with Gasteiger partial charge in [0.15, 0.2) is 11.5 Å². The van der Waals surface area contributed by atoms with E-state index < -0.39 is 18.0 Å². The predicted molar refractivity (Wildman–Crippen MR) is 98.9 cm³/mol. The Balaban J connectivity index is 2.00. The van der Waals surface area contributed by atoms with Crippen molar-refractivity contribution in [1.29, 1.82) is 0 Å². The highest BCUT2D eigenvalue weighted by Crippen LogP contribution is 2.31. The van der Waals surface area contributed by atoms with Crippen LogP contribution < -0.4 is 0 Å². The molecular weight excluding hydrogens is 332 g/mol. The van der Waals surface area contributed by atoms with E-state index in [2.05, 4.69) is 4.98 Å². The number of carbonyl (C=O) groups excluding carboxylic acids is 1. The number of phenols is 1. The van der Waals surface area contributed by atoms with Gasteiger partial charge in [0.1, 0.15) is 23.5 Å². The van der Waals surface area contributed by atoms with Gasteiger partial charge in [-0.1, -0.05) is 36.4 Å². The topological polar surface area (TPSA) is 95.6 Å². The molecule has 0 bridgehead atoms. The molecule has 0 radical (unpaired) electrons. The SMILES string of the molecule is C/C=C\n1c(C)nc2c(O)c(C(=O)[C@H](O)[C@@H](O)c3ccccc3)ccc21. The Morgan fingerprint density at radius 2 is 1.85 bits per heavy atom. The Morgan fingerprint density at radius 3 is 2.50 bits per heavy atom.